The quantitative estimate of drug-likeness (QED) is 0.214. The second-order valence-corrected chi connectivity index (χ2v) is 10.6. The van der Waals surface area contributed by atoms with Gasteiger partial charge in [0, 0.05) is 13.1 Å². The van der Waals surface area contributed by atoms with Crippen LogP contribution in [0.5, 0.6) is 0 Å². The highest BCUT2D eigenvalue weighted by molar-refractivity contribution is 4.86. The first-order chi connectivity index (χ1) is 14.1. The first-order valence-electron chi connectivity index (χ1n) is 13.5. The zero-order valence-corrected chi connectivity index (χ0v) is 20.8. The lowest BCUT2D eigenvalue weighted by atomic mass is 9.64. The van der Waals surface area contributed by atoms with Gasteiger partial charge in [-0.15, -0.1) is 0 Å². The molecule has 2 heteroatoms. The molecule has 0 aromatic carbocycles. The molecule has 1 aliphatic rings. The molecule has 3 unspecified atom stereocenters. The van der Waals surface area contributed by atoms with Gasteiger partial charge >= 0.3 is 0 Å². The summed E-state index contributed by atoms with van der Waals surface area (Å²) >= 11 is 0. The summed E-state index contributed by atoms with van der Waals surface area (Å²) in [5, 5.41) is 7.20. The third kappa shape index (κ3) is 14.5. The molecular formula is C27H56N2. The van der Waals surface area contributed by atoms with Crippen molar-refractivity contribution in [3.8, 4) is 0 Å². The molecule has 29 heavy (non-hydrogen) atoms. The predicted molar refractivity (Wildman–Crippen MR) is 132 cm³/mol. The third-order valence-corrected chi connectivity index (χ3v) is 7.14. The van der Waals surface area contributed by atoms with E-state index in [9.17, 15) is 0 Å². The highest BCUT2D eigenvalue weighted by atomic mass is 14.9. The maximum atomic E-state index is 3.62. The van der Waals surface area contributed by atoms with E-state index in [0.29, 0.717) is 5.41 Å². The van der Waals surface area contributed by atoms with E-state index in [1.54, 1.807) is 0 Å². The topological polar surface area (TPSA) is 24.1 Å². The van der Waals surface area contributed by atoms with Gasteiger partial charge in [0.25, 0.3) is 0 Å². The summed E-state index contributed by atoms with van der Waals surface area (Å²) in [6.45, 7) is 14.4. The maximum Gasteiger partial charge on any atom is 0.00767 e. The average molecular weight is 409 g/mol. The van der Waals surface area contributed by atoms with Crippen molar-refractivity contribution < 1.29 is 0 Å². The van der Waals surface area contributed by atoms with Crippen molar-refractivity contribution in [1.82, 2.24) is 10.6 Å². The van der Waals surface area contributed by atoms with Crippen LogP contribution in [0.4, 0.5) is 0 Å². The summed E-state index contributed by atoms with van der Waals surface area (Å²) in [4.78, 5) is 0. The van der Waals surface area contributed by atoms with Crippen LogP contribution in [0.3, 0.4) is 0 Å². The lowest BCUT2D eigenvalue weighted by molar-refractivity contribution is 0.0963. The fraction of sp³-hybridized carbons (Fsp3) is 1.00. The average Bonchev–Trinajstić information content (AvgIpc) is 2.67. The minimum Gasteiger partial charge on any atom is -0.315 e. The van der Waals surface area contributed by atoms with Crippen LogP contribution in [0.1, 0.15) is 130 Å². The van der Waals surface area contributed by atoms with Gasteiger partial charge in [0.05, 0.1) is 0 Å². The van der Waals surface area contributed by atoms with Gasteiger partial charge < -0.3 is 10.6 Å². The summed E-state index contributed by atoms with van der Waals surface area (Å²) in [5.41, 5.74) is 0.641. The molecule has 174 valence electrons. The molecule has 0 radical (unpaired) electrons. The van der Waals surface area contributed by atoms with Crippen molar-refractivity contribution in [1.29, 1.82) is 0 Å². The lowest BCUT2D eigenvalue weighted by Gasteiger charge is -2.42. The SMILES string of the molecule is CCCCCCCNCCNCCCCCC1CC(C)CC(C)(CCCCC)C1. The minimum absolute atomic E-state index is 0.641. The maximum absolute atomic E-state index is 3.62. The summed E-state index contributed by atoms with van der Waals surface area (Å²) in [7, 11) is 0. The fourth-order valence-electron chi connectivity index (χ4n) is 5.72. The van der Waals surface area contributed by atoms with Gasteiger partial charge in [-0.1, -0.05) is 91.9 Å². The normalized spacial score (nSPS) is 24.8. The van der Waals surface area contributed by atoms with Crippen molar-refractivity contribution in [3.63, 3.8) is 0 Å². The van der Waals surface area contributed by atoms with E-state index in [1.807, 2.05) is 0 Å². The summed E-state index contributed by atoms with van der Waals surface area (Å²) < 4.78 is 0. The van der Waals surface area contributed by atoms with Gasteiger partial charge in [-0.05, 0) is 68.9 Å². The van der Waals surface area contributed by atoms with Gasteiger partial charge in [0.2, 0.25) is 0 Å². The summed E-state index contributed by atoms with van der Waals surface area (Å²) in [6, 6.07) is 0. The zero-order chi connectivity index (χ0) is 21.2. The Kier molecular flexibility index (Phi) is 16.3. The zero-order valence-electron chi connectivity index (χ0n) is 20.8. The molecule has 0 bridgehead atoms. The first kappa shape index (κ1) is 27.0. The van der Waals surface area contributed by atoms with E-state index in [-0.39, 0.29) is 0 Å². The molecule has 0 spiro atoms. The minimum atomic E-state index is 0.641. The molecule has 0 heterocycles. The molecule has 0 aliphatic heterocycles. The Morgan fingerprint density at radius 2 is 1.28 bits per heavy atom. The number of unbranched alkanes of at least 4 members (excludes halogenated alkanes) is 8. The summed E-state index contributed by atoms with van der Waals surface area (Å²) in [5.74, 6) is 1.95. The molecule has 1 aliphatic carbocycles. The molecule has 0 saturated heterocycles. The Bertz CT molecular complexity index is 356. The van der Waals surface area contributed by atoms with Crippen LogP contribution >= 0.6 is 0 Å². The molecule has 0 aromatic rings. The van der Waals surface area contributed by atoms with Crippen LogP contribution in [0.15, 0.2) is 0 Å². The predicted octanol–water partition coefficient (Wildman–Crippen LogP) is 7.72. The van der Waals surface area contributed by atoms with Crippen LogP contribution in [-0.4, -0.2) is 26.2 Å². The Balaban J connectivity index is 1.95. The van der Waals surface area contributed by atoms with Crippen molar-refractivity contribution in [2.45, 2.75) is 130 Å². The molecular weight excluding hydrogens is 352 g/mol. The van der Waals surface area contributed by atoms with Gasteiger partial charge in [0.1, 0.15) is 0 Å². The Morgan fingerprint density at radius 3 is 1.93 bits per heavy atom. The van der Waals surface area contributed by atoms with Crippen molar-refractivity contribution in [2.75, 3.05) is 26.2 Å². The highest BCUT2D eigenvalue weighted by Gasteiger charge is 2.34. The van der Waals surface area contributed by atoms with Gasteiger partial charge in [-0.2, -0.15) is 0 Å². The third-order valence-electron chi connectivity index (χ3n) is 7.14. The van der Waals surface area contributed by atoms with E-state index in [1.165, 1.54) is 116 Å². The van der Waals surface area contributed by atoms with Crippen LogP contribution < -0.4 is 10.6 Å². The summed E-state index contributed by atoms with van der Waals surface area (Å²) in [6.07, 6.45) is 22.8. The molecule has 2 nitrogen and oxygen atoms in total. The Morgan fingerprint density at radius 1 is 0.690 bits per heavy atom. The van der Waals surface area contributed by atoms with Crippen molar-refractivity contribution in [3.05, 3.63) is 0 Å². The largest absolute Gasteiger partial charge is 0.315 e. The van der Waals surface area contributed by atoms with Gasteiger partial charge in [0.15, 0.2) is 0 Å². The Hall–Kier alpha value is -0.0800. The van der Waals surface area contributed by atoms with Crippen molar-refractivity contribution >= 4 is 0 Å². The highest BCUT2D eigenvalue weighted by Crippen LogP contribution is 2.46. The first-order valence-corrected chi connectivity index (χ1v) is 13.5. The Labute approximate surface area is 184 Å². The second kappa shape index (κ2) is 17.6. The van der Waals surface area contributed by atoms with E-state index in [4.69, 9.17) is 0 Å². The molecule has 0 aromatic heterocycles. The van der Waals surface area contributed by atoms with E-state index in [2.05, 4.69) is 38.3 Å². The number of rotatable bonds is 19. The van der Waals surface area contributed by atoms with E-state index in [0.717, 1.165) is 24.9 Å². The molecule has 1 saturated carbocycles. The lowest BCUT2D eigenvalue weighted by Crippen LogP contribution is -2.30. The molecule has 2 N–H and O–H groups in total. The molecule has 1 fully saturated rings. The smallest absolute Gasteiger partial charge is 0.00767 e. The standard InChI is InChI=1S/C27H56N2/c1-5-7-9-10-14-18-28-20-21-29-19-15-11-12-16-26-22-25(3)23-27(4,24-26)17-13-8-6-2/h25-26,28-29H,5-24H2,1-4H3. The van der Waals surface area contributed by atoms with E-state index >= 15 is 0 Å². The van der Waals surface area contributed by atoms with Crippen LogP contribution in [-0.2, 0) is 0 Å². The molecule has 3 atom stereocenters. The van der Waals surface area contributed by atoms with Gasteiger partial charge in [-0.3, -0.25) is 0 Å². The monoisotopic (exact) mass is 408 g/mol. The number of nitrogens with one attached hydrogen (secondary N) is 2. The van der Waals surface area contributed by atoms with Crippen LogP contribution in [0, 0.1) is 17.3 Å². The fourth-order valence-corrected chi connectivity index (χ4v) is 5.72. The molecule has 1 rings (SSSR count). The van der Waals surface area contributed by atoms with Gasteiger partial charge in [-0.25, -0.2) is 0 Å². The molecule has 0 amide bonds. The number of hydrogen-bond acceptors (Lipinski definition) is 2. The van der Waals surface area contributed by atoms with Crippen molar-refractivity contribution in [2.24, 2.45) is 17.3 Å². The van der Waals surface area contributed by atoms with E-state index < -0.39 is 0 Å². The number of hydrogen-bond donors (Lipinski definition) is 2. The van der Waals surface area contributed by atoms with Crippen LogP contribution in [0.25, 0.3) is 0 Å². The second-order valence-electron chi connectivity index (χ2n) is 10.6. The van der Waals surface area contributed by atoms with Crippen LogP contribution in [0.2, 0.25) is 0 Å².